The van der Waals surface area contributed by atoms with Gasteiger partial charge in [0.25, 0.3) is 0 Å². The van der Waals surface area contributed by atoms with Gasteiger partial charge in [0.15, 0.2) is 0 Å². The molecule has 2 bridgehead atoms. The number of imidazole rings is 2. The molecule has 326 valence electrons. The minimum atomic E-state index is -0.646. The van der Waals surface area contributed by atoms with E-state index in [-0.39, 0.29) is 35.7 Å². The van der Waals surface area contributed by atoms with E-state index < -0.39 is 18.2 Å². The van der Waals surface area contributed by atoms with Crippen LogP contribution in [-0.2, 0) is 20.7 Å². The van der Waals surface area contributed by atoms with Crippen LogP contribution in [-0.4, -0.2) is 104 Å². The zero-order valence-corrected chi connectivity index (χ0v) is 36.9. The third-order valence-corrected chi connectivity index (χ3v) is 15.4. The van der Waals surface area contributed by atoms with Crippen LogP contribution < -0.4 is 11.1 Å². The lowest BCUT2D eigenvalue weighted by Gasteiger charge is -2.38. The maximum atomic E-state index is 14.0. The second-order valence-corrected chi connectivity index (χ2v) is 19.0. The van der Waals surface area contributed by atoms with Gasteiger partial charge in [0.2, 0.25) is 11.8 Å². The van der Waals surface area contributed by atoms with Gasteiger partial charge in [-0.1, -0.05) is 58.4 Å². The molecule has 13 nitrogen and oxygen atoms in total. The summed E-state index contributed by atoms with van der Waals surface area (Å²) in [6.07, 6.45) is 23.8. The van der Waals surface area contributed by atoms with E-state index in [2.05, 4.69) is 57.6 Å². The van der Waals surface area contributed by atoms with Gasteiger partial charge in [-0.3, -0.25) is 14.5 Å². The first-order chi connectivity index (χ1) is 29.5. The fourth-order valence-corrected chi connectivity index (χ4v) is 11.7. The number of ether oxygens (including phenoxy) is 1. The molecule has 9 atom stereocenters. The Hall–Kier alpha value is -4.75. The molecule has 9 rings (SSSR count). The lowest BCUT2D eigenvalue weighted by Crippen LogP contribution is -2.51. The summed E-state index contributed by atoms with van der Waals surface area (Å²) < 4.78 is 4.87. The second-order valence-electron chi connectivity index (χ2n) is 19.0. The Bertz CT molecular complexity index is 2210. The van der Waals surface area contributed by atoms with Crippen molar-refractivity contribution in [1.29, 1.82) is 0 Å². The number of H-pyrrole nitrogens is 2. The Morgan fingerprint density at radius 1 is 0.836 bits per heavy atom. The lowest BCUT2D eigenvalue weighted by atomic mass is 9.65. The number of carbonyl (C=O) groups is 3. The first-order valence-electron chi connectivity index (χ1n) is 23.1. The van der Waals surface area contributed by atoms with E-state index in [4.69, 9.17) is 20.4 Å². The molecule has 7 aliphatic rings. The van der Waals surface area contributed by atoms with E-state index in [1.165, 1.54) is 47.8 Å². The molecule has 13 heteroatoms. The average Bonchev–Trinajstić information content (AvgIpc) is 4.15. The predicted octanol–water partition coefficient (Wildman–Crippen LogP) is 6.92. The summed E-state index contributed by atoms with van der Waals surface area (Å²) in [5, 5.41) is 2.81. The number of methoxy groups -OCH3 is 1. The van der Waals surface area contributed by atoms with Crippen LogP contribution in [0.25, 0.3) is 11.6 Å². The quantitative estimate of drug-likeness (QED) is 0.190. The van der Waals surface area contributed by atoms with Crippen LogP contribution in [0, 0.1) is 23.7 Å². The molecule has 61 heavy (non-hydrogen) atoms. The van der Waals surface area contributed by atoms with Crippen LogP contribution in [0.5, 0.6) is 0 Å². The van der Waals surface area contributed by atoms with Gasteiger partial charge in [-0.05, 0) is 117 Å². The number of fused-ring (bicyclic) bond motifs is 6. The highest BCUT2D eigenvalue weighted by Crippen LogP contribution is 2.56. The van der Waals surface area contributed by atoms with Crippen molar-refractivity contribution < 1.29 is 19.1 Å². The summed E-state index contributed by atoms with van der Waals surface area (Å²) >= 11 is 0. The third-order valence-electron chi connectivity index (χ3n) is 15.4. The average molecular weight is 832 g/mol. The van der Waals surface area contributed by atoms with E-state index in [0.717, 1.165) is 93.1 Å². The molecule has 9 unspecified atom stereocenters. The van der Waals surface area contributed by atoms with Gasteiger partial charge < -0.3 is 35.6 Å². The zero-order chi connectivity index (χ0) is 42.7. The van der Waals surface area contributed by atoms with E-state index in [1.807, 2.05) is 43.7 Å². The maximum Gasteiger partial charge on any atom is 0.407 e. The van der Waals surface area contributed by atoms with Crippen molar-refractivity contribution in [1.82, 2.24) is 40.0 Å². The number of alkyl carbamates (subject to hydrolysis) is 1. The SMILES string of the molecule is CCC(C)C(NC(=O)OC)C(=O)N1CCCC1c1nc2c([nH]1)CCC(C1=CC=C(C3=CC=C(c4cnc(C5CCCN5C(=O)C(N)C(C)C)[nH]4)CC3)C3C1C1CCC3N1C)=C2. The number of amides is 3. The highest BCUT2D eigenvalue weighted by Gasteiger charge is 2.55. The van der Waals surface area contributed by atoms with Crippen molar-refractivity contribution in [3.8, 4) is 0 Å². The van der Waals surface area contributed by atoms with Crippen molar-refractivity contribution in [3.05, 3.63) is 81.5 Å². The molecule has 3 aliphatic carbocycles. The summed E-state index contributed by atoms with van der Waals surface area (Å²) in [5.74, 6) is 2.62. The summed E-state index contributed by atoms with van der Waals surface area (Å²) in [5.41, 5.74) is 16.5. The number of aromatic nitrogens is 4. The number of hydrogen-bond acceptors (Lipinski definition) is 8. The molecular formula is C48H65N9O4. The molecule has 4 saturated heterocycles. The van der Waals surface area contributed by atoms with E-state index in [9.17, 15) is 14.4 Å². The van der Waals surface area contributed by atoms with Gasteiger partial charge in [-0.2, -0.15) is 0 Å². The standard InChI is InChI=1S/C48H65N9O4/c1-7-27(4)43(54-48(60)61-6)47(59)57-23-9-11-39(57)45-51-33-19-16-30(24-34(33)52-45)32-18-17-31(40-36-20-21-37(41(32)40)55(36)5)28-12-14-29(15-13-28)35-25-50-44(53-35)38-10-8-22-56(38)46(58)42(49)26(2)3/h12,14,17-18,24-27,36-43H,7-11,13,15-16,19-23,49H2,1-6H3,(H,50,53)(H,51,52)(H,54,60). The van der Waals surface area contributed by atoms with Gasteiger partial charge >= 0.3 is 6.09 Å². The van der Waals surface area contributed by atoms with Gasteiger partial charge in [-0.25, -0.2) is 14.8 Å². The Morgan fingerprint density at radius 3 is 2.10 bits per heavy atom. The molecule has 2 aromatic rings. The molecule has 4 fully saturated rings. The highest BCUT2D eigenvalue weighted by molar-refractivity contribution is 5.86. The van der Waals surface area contributed by atoms with Gasteiger partial charge in [0, 0.05) is 42.7 Å². The normalized spacial score (nSPS) is 28.7. The molecule has 6 heterocycles. The molecular weight excluding hydrogens is 767 g/mol. The number of aryl methyl sites for hydroxylation is 1. The molecule has 0 spiro atoms. The number of allylic oxidation sites excluding steroid dienone is 7. The molecule has 4 aliphatic heterocycles. The summed E-state index contributed by atoms with van der Waals surface area (Å²) in [4.78, 5) is 63.2. The number of hydrogen-bond donors (Lipinski definition) is 4. The van der Waals surface area contributed by atoms with Crippen LogP contribution in [0.3, 0.4) is 0 Å². The summed E-state index contributed by atoms with van der Waals surface area (Å²) in [6, 6.07) is -0.295. The smallest absolute Gasteiger partial charge is 0.407 e. The highest BCUT2D eigenvalue weighted by atomic mass is 16.5. The Morgan fingerprint density at radius 2 is 1.46 bits per heavy atom. The number of rotatable bonds is 11. The van der Waals surface area contributed by atoms with Crippen molar-refractivity contribution in [2.24, 2.45) is 29.4 Å². The first-order valence-corrected chi connectivity index (χ1v) is 23.1. The van der Waals surface area contributed by atoms with E-state index in [1.54, 1.807) is 0 Å². The fraction of sp³-hybridized carbons (Fsp3) is 0.604. The van der Waals surface area contributed by atoms with Crippen LogP contribution in [0.15, 0.2) is 52.8 Å². The third kappa shape index (κ3) is 7.43. The van der Waals surface area contributed by atoms with E-state index in [0.29, 0.717) is 30.5 Å². The number of aromatic amines is 2. The number of nitrogens with one attached hydrogen (secondary N) is 3. The van der Waals surface area contributed by atoms with Crippen LogP contribution >= 0.6 is 0 Å². The largest absolute Gasteiger partial charge is 0.453 e. The molecule has 0 saturated carbocycles. The lowest BCUT2D eigenvalue weighted by molar-refractivity contribution is -0.136. The van der Waals surface area contributed by atoms with Gasteiger partial charge in [0.1, 0.15) is 17.7 Å². The van der Waals surface area contributed by atoms with Crippen molar-refractivity contribution >= 4 is 29.6 Å². The molecule has 0 aromatic carbocycles. The Kier molecular flexibility index (Phi) is 11.5. The topological polar surface area (TPSA) is 166 Å². The van der Waals surface area contributed by atoms with Gasteiger partial charge in [0.05, 0.1) is 42.8 Å². The van der Waals surface area contributed by atoms with Crippen molar-refractivity contribution in [3.63, 3.8) is 0 Å². The minimum Gasteiger partial charge on any atom is -0.453 e. The molecule has 2 aromatic heterocycles. The Labute approximate surface area is 360 Å². The van der Waals surface area contributed by atoms with Crippen LogP contribution in [0.2, 0.25) is 0 Å². The fourth-order valence-electron chi connectivity index (χ4n) is 11.7. The molecule has 0 radical (unpaired) electrons. The number of nitrogens with zero attached hydrogens (tertiary/aromatic N) is 5. The van der Waals surface area contributed by atoms with Crippen LogP contribution in [0.1, 0.15) is 133 Å². The maximum absolute atomic E-state index is 14.0. The molecule has 5 N–H and O–H groups in total. The Balaban J connectivity index is 0.947. The predicted molar refractivity (Wildman–Crippen MR) is 235 cm³/mol. The number of carbonyl (C=O) groups excluding carboxylic acids is 3. The second kappa shape index (κ2) is 16.8. The van der Waals surface area contributed by atoms with Crippen LogP contribution in [0.4, 0.5) is 4.79 Å². The molecule has 3 amide bonds. The summed E-state index contributed by atoms with van der Waals surface area (Å²) in [7, 11) is 3.67. The minimum absolute atomic E-state index is 0.0198. The summed E-state index contributed by atoms with van der Waals surface area (Å²) in [6.45, 7) is 9.40. The van der Waals surface area contributed by atoms with E-state index >= 15 is 0 Å². The van der Waals surface area contributed by atoms with Gasteiger partial charge in [-0.15, -0.1) is 0 Å². The zero-order valence-electron chi connectivity index (χ0n) is 36.9. The van der Waals surface area contributed by atoms with Crippen molar-refractivity contribution in [2.75, 3.05) is 27.2 Å². The monoisotopic (exact) mass is 832 g/mol. The van der Waals surface area contributed by atoms with Crippen molar-refractivity contribution in [2.45, 2.75) is 135 Å². The number of likely N-dealkylation sites (tertiary alicyclic amines) is 2. The number of nitrogens with two attached hydrogens (primary N) is 1. The first kappa shape index (κ1) is 41.6.